The molecule has 2 atom stereocenters. The standard InChI is InChI=1S/C26H23F2N3O2/c27-16-6-7-21(28)18(12-16)17-13-19(17)24(33)31-11-8-22-20(14-31)23(32)30-25(29-22)26(9-10-26)15-4-2-1-3-5-15/h1-7,12,17,19H,8-11,13-14H2,(H,29,30,32)/t17-,19+/m1/s1. The Morgan fingerprint density at radius 1 is 1.12 bits per heavy atom. The van der Waals surface area contributed by atoms with E-state index >= 15 is 0 Å². The Bertz CT molecular complexity index is 1320. The van der Waals surface area contributed by atoms with Crippen LogP contribution < -0.4 is 5.56 Å². The summed E-state index contributed by atoms with van der Waals surface area (Å²) in [6.45, 7) is 0.666. The average molecular weight is 447 g/mol. The monoisotopic (exact) mass is 447 g/mol. The molecule has 7 heteroatoms. The Balaban J connectivity index is 1.22. The van der Waals surface area contributed by atoms with Gasteiger partial charge in [0, 0.05) is 18.9 Å². The Morgan fingerprint density at radius 2 is 1.91 bits per heavy atom. The maximum Gasteiger partial charge on any atom is 0.256 e. The summed E-state index contributed by atoms with van der Waals surface area (Å²) in [5.74, 6) is -1.08. The average Bonchev–Trinajstić information content (AvgIpc) is 3.75. The molecule has 0 bridgehead atoms. The van der Waals surface area contributed by atoms with Crippen LogP contribution in [0.1, 0.15) is 53.4 Å². The van der Waals surface area contributed by atoms with Gasteiger partial charge in [-0.3, -0.25) is 9.59 Å². The number of nitrogens with one attached hydrogen (secondary N) is 1. The summed E-state index contributed by atoms with van der Waals surface area (Å²) >= 11 is 0. The summed E-state index contributed by atoms with van der Waals surface area (Å²) in [6, 6.07) is 13.5. The van der Waals surface area contributed by atoms with Crippen molar-refractivity contribution in [3.8, 4) is 0 Å². The summed E-state index contributed by atoms with van der Waals surface area (Å²) in [4.78, 5) is 35.5. The molecule has 6 rings (SSSR count). The molecule has 1 aromatic heterocycles. The zero-order chi connectivity index (χ0) is 22.7. The predicted molar refractivity (Wildman–Crippen MR) is 118 cm³/mol. The van der Waals surface area contributed by atoms with Crippen molar-refractivity contribution in [2.24, 2.45) is 5.92 Å². The maximum atomic E-state index is 14.1. The van der Waals surface area contributed by atoms with Crippen molar-refractivity contribution in [1.82, 2.24) is 14.9 Å². The van der Waals surface area contributed by atoms with E-state index in [0.29, 0.717) is 30.8 Å². The highest BCUT2D eigenvalue weighted by Gasteiger charge is 2.50. The van der Waals surface area contributed by atoms with Gasteiger partial charge in [0.2, 0.25) is 5.91 Å². The SMILES string of the molecule is O=C([C@H]1C[C@@H]1c1cc(F)ccc1F)N1CCc2nc(C3(c4ccccc4)CC3)[nH]c(=O)c2C1. The van der Waals surface area contributed by atoms with E-state index in [0.717, 1.165) is 36.2 Å². The molecule has 0 radical (unpaired) electrons. The fourth-order valence-electron chi connectivity index (χ4n) is 5.23. The smallest absolute Gasteiger partial charge is 0.256 e. The number of fused-ring (bicyclic) bond motifs is 1. The van der Waals surface area contributed by atoms with E-state index in [4.69, 9.17) is 4.98 Å². The first-order valence-electron chi connectivity index (χ1n) is 11.4. The molecule has 2 aromatic carbocycles. The van der Waals surface area contributed by atoms with E-state index in [1.807, 2.05) is 18.2 Å². The van der Waals surface area contributed by atoms with E-state index in [1.54, 1.807) is 4.90 Å². The number of amides is 1. The van der Waals surface area contributed by atoms with Gasteiger partial charge in [-0.1, -0.05) is 30.3 Å². The third-order valence-corrected chi connectivity index (χ3v) is 7.38. The van der Waals surface area contributed by atoms with E-state index in [-0.39, 0.29) is 40.8 Å². The molecule has 0 unspecified atom stereocenters. The van der Waals surface area contributed by atoms with Crippen LogP contribution in [0.5, 0.6) is 0 Å². The number of carbonyl (C=O) groups excluding carboxylic acids is 1. The molecule has 0 spiro atoms. The van der Waals surface area contributed by atoms with Gasteiger partial charge >= 0.3 is 0 Å². The summed E-state index contributed by atoms with van der Waals surface area (Å²) in [5.41, 5.74) is 2.27. The normalized spacial score (nSPS) is 22.5. The highest BCUT2D eigenvalue weighted by Crippen LogP contribution is 2.52. The fraction of sp³-hybridized carbons (Fsp3) is 0.346. The van der Waals surface area contributed by atoms with E-state index in [1.165, 1.54) is 6.07 Å². The lowest BCUT2D eigenvalue weighted by atomic mass is 9.94. The van der Waals surface area contributed by atoms with Crippen molar-refractivity contribution in [1.29, 1.82) is 0 Å². The van der Waals surface area contributed by atoms with Gasteiger partial charge < -0.3 is 9.88 Å². The van der Waals surface area contributed by atoms with Gasteiger partial charge in [0.05, 0.1) is 23.2 Å². The molecule has 2 heterocycles. The summed E-state index contributed by atoms with van der Waals surface area (Å²) in [5, 5.41) is 0. The van der Waals surface area contributed by atoms with Crippen molar-refractivity contribution in [2.45, 2.75) is 43.6 Å². The molecule has 168 valence electrons. The first kappa shape index (κ1) is 20.3. The number of halogens is 2. The van der Waals surface area contributed by atoms with Crippen LogP contribution in [0.3, 0.4) is 0 Å². The molecular weight excluding hydrogens is 424 g/mol. The molecule has 33 heavy (non-hydrogen) atoms. The van der Waals surface area contributed by atoms with Crippen LogP contribution in [-0.4, -0.2) is 27.3 Å². The van der Waals surface area contributed by atoms with Crippen LogP contribution in [0.15, 0.2) is 53.3 Å². The Hall–Kier alpha value is -3.35. The number of nitrogens with zero attached hydrogens (tertiary/aromatic N) is 2. The molecule has 1 aliphatic heterocycles. The lowest BCUT2D eigenvalue weighted by molar-refractivity contribution is -0.133. The molecule has 1 amide bonds. The molecule has 2 saturated carbocycles. The minimum absolute atomic E-state index is 0.110. The third-order valence-electron chi connectivity index (χ3n) is 7.38. The lowest BCUT2D eigenvalue weighted by Gasteiger charge is -2.29. The molecule has 5 nitrogen and oxygen atoms in total. The van der Waals surface area contributed by atoms with Crippen molar-refractivity contribution >= 4 is 5.91 Å². The predicted octanol–water partition coefficient (Wildman–Crippen LogP) is 3.82. The largest absolute Gasteiger partial charge is 0.337 e. The Labute approximate surface area is 189 Å². The zero-order valence-electron chi connectivity index (χ0n) is 18.0. The van der Waals surface area contributed by atoms with Gasteiger partial charge in [-0.25, -0.2) is 13.8 Å². The number of aromatic nitrogens is 2. The second-order valence-electron chi connectivity index (χ2n) is 9.41. The van der Waals surface area contributed by atoms with Crippen LogP contribution in [0, 0.1) is 17.6 Å². The number of hydrogen-bond acceptors (Lipinski definition) is 3. The molecule has 3 aliphatic rings. The first-order chi connectivity index (χ1) is 16.0. The van der Waals surface area contributed by atoms with Crippen LogP contribution in [0.4, 0.5) is 8.78 Å². The van der Waals surface area contributed by atoms with Crippen molar-refractivity contribution in [3.63, 3.8) is 0 Å². The number of hydrogen-bond donors (Lipinski definition) is 1. The topological polar surface area (TPSA) is 66.1 Å². The highest BCUT2D eigenvalue weighted by molar-refractivity contribution is 5.83. The van der Waals surface area contributed by atoms with E-state index in [2.05, 4.69) is 17.1 Å². The molecule has 3 aromatic rings. The molecule has 0 saturated heterocycles. The summed E-state index contributed by atoms with van der Waals surface area (Å²) in [6.07, 6.45) is 2.90. The molecule has 2 fully saturated rings. The minimum Gasteiger partial charge on any atom is -0.337 e. The zero-order valence-corrected chi connectivity index (χ0v) is 18.0. The second kappa shape index (κ2) is 7.33. The van der Waals surface area contributed by atoms with E-state index in [9.17, 15) is 18.4 Å². The first-order valence-corrected chi connectivity index (χ1v) is 11.4. The van der Waals surface area contributed by atoms with Gasteiger partial charge in [-0.15, -0.1) is 0 Å². The number of benzene rings is 2. The van der Waals surface area contributed by atoms with Crippen LogP contribution in [-0.2, 0) is 23.2 Å². The van der Waals surface area contributed by atoms with Crippen molar-refractivity contribution < 1.29 is 13.6 Å². The maximum absolute atomic E-state index is 14.1. The van der Waals surface area contributed by atoms with Gasteiger partial charge in [0.25, 0.3) is 5.56 Å². The van der Waals surface area contributed by atoms with Crippen molar-refractivity contribution in [3.05, 3.63) is 98.7 Å². The van der Waals surface area contributed by atoms with Gasteiger partial charge in [0.15, 0.2) is 0 Å². The van der Waals surface area contributed by atoms with Crippen molar-refractivity contribution in [2.75, 3.05) is 6.54 Å². The Kier molecular flexibility index (Phi) is 4.50. The fourth-order valence-corrected chi connectivity index (χ4v) is 5.23. The van der Waals surface area contributed by atoms with Crippen LogP contribution in [0.2, 0.25) is 0 Å². The minimum atomic E-state index is -0.506. The summed E-state index contributed by atoms with van der Waals surface area (Å²) in [7, 11) is 0. The number of rotatable bonds is 4. The third kappa shape index (κ3) is 3.37. The highest BCUT2D eigenvalue weighted by atomic mass is 19.1. The van der Waals surface area contributed by atoms with E-state index < -0.39 is 11.6 Å². The summed E-state index contributed by atoms with van der Waals surface area (Å²) < 4.78 is 27.7. The lowest BCUT2D eigenvalue weighted by Crippen LogP contribution is -2.41. The second-order valence-corrected chi connectivity index (χ2v) is 9.41. The molecule has 1 N–H and O–H groups in total. The van der Waals surface area contributed by atoms with Gasteiger partial charge in [-0.05, 0) is 54.5 Å². The van der Waals surface area contributed by atoms with Gasteiger partial charge in [-0.2, -0.15) is 0 Å². The number of carbonyl (C=O) groups is 1. The van der Waals surface area contributed by atoms with Crippen LogP contribution >= 0.6 is 0 Å². The number of aromatic amines is 1. The van der Waals surface area contributed by atoms with Crippen LogP contribution in [0.25, 0.3) is 0 Å². The quantitative estimate of drug-likeness (QED) is 0.661. The van der Waals surface area contributed by atoms with Gasteiger partial charge in [0.1, 0.15) is 17.5 Å². The number of H-pyrrole nitrogens is 1. The molecular formula is C26H23F2N3O2. The molecule has 2 aliphatic carbocycles. The Morgan fingerprint density at radius 3 is 2.67 bits per heavy atom.